The quantitative estimate of drug-likeness (QED) is 0.847. The van der Waals surface area contributed by atoms with Crippen molar-refractivity contribution in [1.29, 1.82) is 0 Å². The molecule has 4 nitrogen and oxygen atoms in total. The highest BCUT2D eigenvalue weighted by Crippen LogP contribution is 2.64. The molecule has 1 aromatic carbocycles. The minimum Gasteiger partial charge on any atom is -0.338 e. The van der Waals surface area contributed by atoms with E-state index in [4.69, 9.17) is 4.52 Å². The third kappa shape index (κ3) is 1.48. The lowest BCUT2D eigenvalue weighted by atomic mass is 9.69. The summed E-state index contributed by atoms with van der Waals surface area (Å²) in [5.74, 6) is 1.79. The molecule has 2 aromatic rings. The van der Waals surface area contributed by atoms with Gasteiger partial charge in [0.25, 0.3) is 0 Å². The Kier molecular flexibility index (Phi) is 2.44. The zero-order valence-electron chi connectivity index (χ0n) is 12.3. The minimum atomic E-state index is -0.572. The Morgan fingerprint density at radius 1 is 1.24 bits per heavy atom. The van der Waals surface area contributed by atoms with E-state index in [-0.39, 0.29) is 11.2 Å². The van der Waals surface area contributed by atoms with E-state index < -0.39 is 5.41 Å². The van der Waals surface area contributed by atoms with Crippen molar-refractivity contribution in [1.82, 2.24) is 10.1 Å². The molecule has 0 N–H and O–H groups in total. The summed E-state index contributed by atoms with van der Waals surface area (Å²) in [7, 11) is 0. The number of Topliss-reactive ketones (excluding diaryl/α,β-unsaturated/α-hetero) is 1. The molecule has 1 aromatic heterocycles. The fraction of sp³-hybridized carbons (Fsp3) is 0.471. The molecular formula is C17H18N2O2. The van der Waals surface area contributed by atoms with Crippen LogP contribution in [0.5, 0.6) is 0 Å². The van der Waals surface area contributed by atoms with Crippen molar-refractivity contribution in [3.05, 3.63) is 36.2 Å². The Morgan fingerprint density at radius 3 is 2.62 bits per heavy atom. The van der Waals surface area contributed by atoms with Crippen LogP contribution in [0.3, 0.4) is 0 Å². The molecule has 2 saturated carbocycles. The van der Waals surface area contributed by atoms with Gasteiger partial charge in [-0.3, -0.25) is 4.79 Å². The molecule has 2 bridgehead atoms. The maximum absolute atomic E-state index is 12.6. The predicted molar refractivity (Wildman–Crippen MR) is 77.5 cm³/mol. The second kappa shape index (κ2) is 4.03. The van der Waals surface area contributed by atoms with Crippen molar-refractivity contribution in [2.75, 3.05) is 0 Å². The summed E-state index contributed by atoms with van der Waals surface area (Å²) >= 11 is 0. The van der Waals surface area contributed by atoms with E-state index >= 15 is 0 Å². The first-order valence-corrected chi connectivity index (χ1v) is 7.48. The molecule has 2 aliphatic rings. The van der Waals surface area contributed by atoms with E-state index in [0.717, 1.165) is 18.4 Å². The summed E-state index contributed by atoms with van der Waals surface area (Å²) in [6.45, 7) is 4.34. The zero-order valence-corrected chi connectivity index (χ0v) is 12.3. The van der Waals surface area contributed by atoms with Gasteiger partial charge in [0.05, 0.1) is 0 Å². The number of carbonyl (C=O) groups is 1. The number of carbonyl (C=O) groups excluding carboxylic acids is 1. The van der Waals surface area contributed by atoms with E-state index in [1.54, 1.807) is 0 Å². The van der Waals surface area contributed by atoms with Crippen molar-refractivity contribution in [2.45, 2.75) is 38.5 Å². The van der Waals surface area contributed by atoms with Gasteiger partial charge >= 0.3 is 0 Å². The van der Waals surface area contributed by atoms with Gasteiger partial charge in [-0.2, -0.15) is 4.98 Å². The van der Waals surface area contributed by atoms with E-state index in [0.29, 0.717) is 24.1 Å². The summed E-state index contributed by atoms with van der Waals surface area (Å²) in [6.07, 6.45) is 2.55. The maximum atomic E-state index is 12.6. The molecule has 1 heterocycles. The Labute approximate surface area is 123 Å². The fourth-order valence-electron chi connectivity index (χ4n) is 4.28. The van der Waals surface area contributed by atoms with Gasteiger partial charge in [0.1, 0.15) is 11.2 Å². The van der Waals surface area contributed by atoms with Gasteiger partial charge in [-0.15, -0.1) is 0 Å². The van der Waals surface area contributed by atoms with Crippen LogP contribution in [0.2, 0.25) is 0 Å². The van der Waals surface area contributed by atoms with Gasteiger partial charge in [-0.25, -0.2) is 0 Å². The van der Waals surface area contributed by atoms with Crippen LogP contribution in [-0.4, -0.2) is 15.9 Å². The molecule has 4 rings (SSSR count). The molecule has 0 spiro atoms. The number of hydrogen-bond acceptors (Lipinski definition) is 4. The van der Waals surface area contributed by atoms with Gasteiger partial charge in [0, 0.05) is 12.0 Å². The molecule has 4 heteroatoms. The Morgan fingerprint density at radius 2 is 2.00 bits per heavy atom. The predicted octanol–water partition coefficient (Wildman–Crippen LogP) is 3.38. The number of hydrogen-bond donors (Lipinski definition) is 0. The zero-order chi connectivity index (χ0) is 14.7. The lowest BCUT2D eigenvalue weighted by Gasteiger charge is -2.32. The van der Waals surface area contributed by atoms with Gasteiger partial charge in [0.2, 0.25) is 11.7 Å². The summed E-state index contributed by atoms with van der Waals surface area (Å²) in [6, 6.07) is 9.74. The highest BCUT2D eigenvalue weighted by molar-refractivity contribution is 5.94. The SMILES string of the molecule is CC1(C)[C@@H]2CC[C@@]1(c1nc(-c3ccccc3)no1)C(=O)C2. The first kappa shape index (κ1) is 12.7. The first-order chi connectivity index (χ1) is 10.1. The van der Waals surface area contributed by atoms with E-state index in [2.05, 4.69) is 24.0 Å². The Bertz CT molecular complexity index is 705. The van der Waals surface area contributed by atoms with Crippen LogP contribution in [0.1, 0.15) is 39.0 Å². The molecule has 0 saturated heterocycles. The molecule has 2 aliphatic carbocycles. The highest BCUT2D eigenvalue weighted by atomic mass is 16.5. The van der Waals surface area contributed by atoms with Gasteiger partial charge in [-0.05, 0) is 24.2 Å². The Hall–Kier alpha value is -1.97. The average Bonchev–Trinajstić information content (AvgIpc) is 3.11. The fourth-order valence-corrected chi connectivity index (χ4v) is 4.28. The number of nitrogens with zero attached hydrogens (tertiary/aromatic N) is 2. The van der Waals surface area contributed by atoms with Gasteiger partial charge in [-0.1, -0.05) is 49.3 Å². The lowest BCUT2D eigenvalue weighted by molar-refractivity contribution is -0.125. The largest absolute Gasteiger partial charge is 0.338 e. The molecule has 2 fully saturated rings. The van der Waals surface area contributed by atoms with E-state index in [9.17, 15) is 4.79 Å². The molecule has 0 aliphatic heterocycles. The van der Waals surface area contributed by atoms with Crippen LogP contribution in [0, 0.1) is 11.3 Å². The smallest absolute Gasteiger partial charge is 0.241 e. The highest BCUT2D eigenvalue weighted by Gasteiger charge is 2.67. The lowest BCUT2D eigenvalue weighted by Crippen LogP contribution is -2.40. The number of fused-ring (bicyclic) bond motifs is 2. The Balaban J connectivity index is 1.81. The molecule has 0 radical (unpaired) electrons. The minimum absolute atomic E-state index is 0.0927. The van der Waals surface area contributed by atoms with Crippen molar-refractivity contribution in [3.8, 4) is 11.4 Å². The number of aromatic nitrogens is 2. The molecule has 21 heavy (non-hydrogen) atoms. The van der Waals surface area contributed by atoms with Crippen LogP contribution in [0.4, 0.5) is 0 Å². The van der Waals surface area contributed by atoms with Crippen molar-refractivity contribution in [3.63, 3.8) is 0 Å². The van der Waals surface area contributed by atoms with E-state index in [1.807, 2.05) is 30.3 Å². The third-order valence-corrected chi connectivity index (χ3v) is 5.72. The number of benzene rings is 1. The molecule has 0 unspecified atom stereocenters. The van der Waals surface area contributed by atoms with Crippen molar-refractivity contribution >= 4 is 5.78 Å². The van der Waals surface area contributed by atoms with Gasteiger partial charge in [0.15, 0.2) is 0 Å². The van der Waals surface area contributed by atoms with Crippen LogP contribution in [-0.2, 0) is 10.2 Å². The molecule has 108 valence electrons. The monoisotopic (exact) mass is 282 g/mol. The average molecular weight is 282 g/mol. The van der Waals surface area contributed by atoms with Gasteiger partial charge < -0.3 is 4.52 Å². The third-order valence-electron chi connectivity index (χ3n) is 5.72. The molecule has 2 atom stereocenters. The van der Waals surface area contributed by atoms with Crippen molar-refractivity contribution in [2.24, 2.45) is 11.3 Å². The molecular weight excluding hydrogens is 264 g/mol. The number of rotatable bonds is 2. The topological polar surface area (TPSA) is 56.0 Å². The summed E-state index contributed by atoms with van der Waals surface area (Å²) < 4.78 is 5.55. The maximum Gasteiger partial charge on any atom is 0.241 e. The van der Waals surface area contributed by atoms with Crippen LogP contribution in [0.15, 0.2) is 34.9 Å². The normalized spacial score (nSPS) is 30.0. The number of ketones is 1. The van der Waals surface area contributed by atoms with Crippen molar-refractivity contribution < 1.29 is 9.32 Å². The summed E-state index contributed by atoms with van der Waals surface area (Å²) in [5, 5.41) is 4.10. The molecule has 0 amide bonds. The first-order valence-electron chi connectivity index (χ1n) is 7.48. The standard InChI is InChI=1S/C17H18N2O2/c1-16(2)12-8-9-17(16,13(20)10-12)15-18-14(19-21-15)11-6-4-3-5-7-11/h3-7,12H,8-10H2,1-2H3/t12-,17+/m1/s1. The van der Waals surface area contributed by atoms with Crippen LogP contribution < -0.4 is 0 Å². The summed E-state index contributed by atoms with van der Waals surface area (Å²) in [4.78, 5) is 17.2. The second-order valence-electron chi connectivity index (χ2n) is 6.78. The second-order valence-corrected chi connectivity index (χ2v) is 6.78. The van der Waals surface area contributed by atoms with Crippen LogP contribution >= 0.6 is 0 Å². The summed E-state index contributed by atoms with van der Waals surface area (Å²) in [5.41, 5.74) is 0.254. The van der Waals surface area contributed by atoms with E-state index in [1.165, 1.54) is 0 Å². The van der Waals surface area contributed by atoms with Crippen LogP contribution in [0.25, 0.3) is 11.4 Å².